The number of pyridine rings is 1. The molecule has 1 unspecified atom stereocenters. The van der Waals surface area contributed by atoms with E-state index >= 15 is 0 Å². The molecule has 0 radical (unpaired) electrons. The summed E-state index contributed by atoms with van der Waals surface area (Å²) in [5, 5.41) is 2.72. The highest BCUT2D eigenvalue weighted by molar-refractivity contribution is 5.92. The summed E-state index contributed by atoms with van der Waals surface area (Å²) in [6.07, 6.45) is -1.70. The van der Waals surface area contributed by atoms with Crippen LogP contribution in [0.5, 0.6) is 5.88 Å². The Morgan fingerprint density at radius 2 is 2.00 bits per heavy atom. The minimum Gasteiger partial charge on any atom is -0.467 e. The van der Waals surface area contributed by atoms with E-state index in [0.717, 1.165) is 11.8 Å². The number of ketones is 1. The number of nitrogens with zero attached hydrogens (tertiary/aromatic N) is 3. The Labute approximate surface area is 159 Å². The van der Waals surface area contributed by atoms with Crippen molar-refractivity contribution in [2.45, 2.75) is 39.4 Å². The van der Waals surface area contributed by atoms with Gasteiger partial charge in [-0.1, -0.05) is 0 Å². The van der Waals surface area contributed by atoms with Crippen molar-refractivity contribution in [2.24, 2.45) is 0 Å². The molecule has 0 bridgehead atoms. The van der Waals surface area contributed by atoms with Crippen LogP contribution in [0.25, 0.3) is 0 Å². The molecular formula is C18H19F3N4O3. The average Bonchev–Trinajstić information content (AvgIpc) is 2.59. The van der Waals surface area contributed by atoms with E-state index in [0.29, 0.717) is 5.69 Å². The van der Waals surface area contributed by atoms with Crippen molar-refractivity contribution < 1.29 is 27.5 Å². The molecule has 2 heterocycles. The molecule has 0 aliphatic carbocycles. The summed E-state index contributed by atoms with van der Waals surface area (Å²) in [4.78, 5) is 35.4. The van der Waals surface area contributed by atoms with Gasteiger partial charge < -0.3 is 10.1 Å². The highest BCUT2D eigenvalue weighted by Crippen LogP contribution is 2.19. The number of alkyl halides is 3. The number of hydrogen-bond donors (Lipinski definition) is 1. The lowest BCUT2D eigenvalue weighted by molar-refractivity contribution is -0.154. The molecule has 2 rings (SSSR count). The molecule has 2 aromatic heterocycles. The predicted octanol–water partition coefficient (Wildman–Crippen LogP) is 2.74. The Hall–Kier alpha value is -3.04. The average molecular weight is 396 g/mol. The Morgan fingerprint density at radius 1 is 1.29 bits per heavy atom. The fourth-order valence-corrected chi connectivity index (χ4v) is 2.34. The minimum absolute atomic E-state index is 0.0279. The van der Waals surface area contributed by atoms with Gasteiger partial charge in [-0.3, -0.25) is 14.6 Å². The van der Waals surface area contributed by atoms with Gasteiger partial charge in [-0.2, -0.15) is 13.2 Å². The van der Waals surface area contributed by atoms with Gasteiger partial charge in [0.15, 0.2) is 6.61 Å². The van der Waals surface area contributed by atoms with Crippen molar-refractivity contribution in [1.29, 1.82) is 0 Å². The summed E-state index contributed by atoms with van der Waals surface area (Å²) in [6, 6.07) is 3.01. The van der Waals surface area contributed by atoms with E-state index in [1.54, 1.807) is 25.3 Å². The Morgan fingerprint density at radius 3 is 2.61 bits per heavy atom. The van der Waals surface area contributed by atoms with Crippen molar-refractivity contribution in [1.82, 2.24) is 20.3 Å². The van der Waals surface area contributed by atoms with E-state index in [1.165, 1.54) is 13.8 Å². The van der Waals surface area contributed by atoms with Crippen LogP contribution in [-0.2, 0) is 11.2 Å². The van der Waals surface area contributed by atoms with Crippen LogP contribution >= 0.6 is 0 Å². The second-order valence-corrected chi connectivity index (χ2v) is 6.20. The van der Waals surface area contributed by atoms with Crippen LogP contribution in [0.15, 0.2) is 24.5 Å². The zero-order chi connectivity index (χ0) is 20.9. The molecule has 2 aromatic rings. The van der Waals surface area contributed by atoms with Gasteiger partial charge in [0.2, 0.25) is 5.88 Å². The van der Waals surface area contributed by atoms with Gasteiger partial charge in [-0.25, -0.2) is 9.97 Å². The summed E-state index contributed by atoms with van der Waals surface area (Å²) in [6.45, 7) is 3.11. The maximum Gasteiger partial charge on any atom is 0.422 e. The summed E-state index contributed by atoms with van der Waals surface area (Å²) in [5.41, 5.74) is 1.35. The first-order valence-corrected chi connectivity index (χ1v) is 8.33. The maximum absolute atomic E-state index is 12.4. The van der Waals surface area contributed by atoms with Crippen LogP contribution in [0, 0.1) is 6.92 Å². The molecule has 0 saturated heterocycles. The van der Waals surface area contributed by atoms with Gasteiger partial charge in [0.05, 0.1) is 12.2 Å². The van der Waals surface area contributed by atoms with E-state index in [9.17, 15) is 22.8 Å². The quantitative estimate of drug-likeness (QED) is 0.774. The number of aryl methyl sites for hydroxylation is 1. The van der Waals surface area contributed by atoms with Crippen molar-refractivity contribution in [3.05, 3.63) is 47.2 Å². The van der Waals surface area contributed by atoms with Crippen LogP contribution in [0.2, 0.25) is 0 Å². The van der Waals surface area contributed by atoms with Gasteiger partial charge in [-0.15, -0.1) is 0 Å². The Balaban J connectivity index is 2.06. The molecule has 0 aromatic carbocycles. The molecule has 0 saturated carbocycles. The standard InChI is InChI=1S/C18H19F3N4O3/c1-10(26)6-14-7-13(4-5-22-14)11(2)25-16(27)15-8-23-17(12(3)24-15)28-9-18(19,20)21/h4-5,7-8,11H,6,9H2,1-3H3,(H,25,27). The lowest BCUT2D eigenvalue weighted by Crippen LogP contribution is -2.28. The first kappa shape index (κ1) is 21.3. The molecule has 1 amide bonds. The third-order valence-electron chi connectivity index (χ3n) is 3.63. The number of ether oxygens (including phenoxy) is 1. The molecule has 1 N–H and O–H groups in total. The molecule has 7 nitrogen and oxygen atoms in total. The van der Waals surface area contributed by atoms with Crippen LogP contribution in [0.1, 0.15) is 47.3 Å². The highest BCUT2D eigenvalue weighted by atomic mass is 19.4. The molecule has 0 aliphatic rings. The maximum atomic E-state index is 12.4. The van der Waals surface area contributed by atoms with Gasteiger partial charge in [0.1, 0.15) is 17.2 Å². The second kappa shape index (κ2) is 8.77. The minimum atomic E-state index is -4.49. The van der Waals surface area contributed by atoms with Gasteiger partial charge >= 0.3 is 6.18 Å². The smallest absolute Gasteiger partial charge is 0.422 e. The Kier molecular flexibility index (Phi) is 6.66. The lowest BCUT2D eigenvalue weighted by Gasteiger charge is -2.15. The summed E-state index contributed by atoms with van der Waals surface area (Å²) < 4.78 is 41.2. The fraction of sp³-hybridized carbons (Fsp3) is 0.389. The highest BCUT2D eigenvalue weighted by Gasteiger charge is 2.29. The largest absolute Gasteiger partial charge is 0.467 e. The van der Waals surface area contributed by atoms with E-state index in [-0.39, 0.29) is 29.5 Å². The number of carbonyl (C=O) groups excluding carboxylic acids is 2. The normalized spacial score (nSPS) is 12.4. The van der Waals surface area contributed by atoms with Gasteiger partial charge in [0.25, 0.3) is 5.91 Å². The van der Waals surface area contributed by atoms with Crippen molar-refractivity contribution in [3.63, 3.8) is 0 Å². The van der Waals surface area contributed by atoms with Crippen LogP contribution < -0.4 is 10.1 Å². The molecule has 150 valence electrons. The van der Waals surface area contributed by atoms with Crippen molar-refractivity contribution >= 4 is 11.7 Å². The van der Waals surface area contributed by atoms with E-state index in [4.69, 9.17) is 0 Å². The van der Waals surface area contributed by atoms with Crippen LogP contribution in [0.4, 0.5) is 13.2 Å². The fourth-order valence-electron chi connectivity index (χ4n) is 2.34. The first-order chi connectivity index (χ1) is 13.0. The van der Waals surface area contributed by atoms with Crippen LogP contribution in [0.3, 0.4) is 0 Å². The number of aromatic nitrogens is 3. The number of carbonyl (C=O) groups is 2. The number of halogens is 3. The number of amides is 1. The van der Waals surface area contributed by atoms with Gasteiger partial charge in [-0.05, 0) is 38.5 Å². The molecule has 28 heavy (non-hydrogen) atoms. The SMILES string of the molecule is CC(=O)Cc1cc(C(C)NC(=O)c2cnc(OCC(F)(F)F)c(C)n2)ccn1. The molecule has 0 aliphatic heterocycles. The van der Waals surface area contributed by atoms with E-state index in [2.05, 4.69) is 25.0 Å². The first-order valence-electron chi connectivity index (χ1n) is 8.33. The summed E-state index contributed by atoms with van der Waals surface area (Å²) in [7, 11) is 0. The third kappa shape index (κ3) is 6.29. The third-order valence-corrected chi connectivity index (χ3v) is 3.63. The zero-order valence-electron chi connectivity index (χ0n) is 15.5. The number of hydrogen-bond acceptors (Lipinski definition) is 6. The predicted molar refractivity (Wildman–Crippen MR) is 92.8 cm³/mol. The number of Topliss-reactive ketones (excluding diaryl/α,β-unsaturated/α-hetero) is 1. The zero-order valence-corrected chi connectivity index (χ0v) is 15.5. The van der Waals surface area contributed by atoms with E-state index in [1.807, 2.05) is 0 Å². The van der Waals surface area contributed by atoms with Crippen molar-refractivity contribution in [3.8, 4) is 5.88 Å². The Bertz CT molecular complexity index is 871. The molecule has 0 spiro atoms. The summed E-state index contributed by atoms with van der Waals surface area (Å²) >= 11 is 0. The number of nitrogens with one attached hydrogen (secondary N) is 1. The van der Waals surface area contributed by atoms with E-state index < -0.39 is 24.7 Å². The molecular weight excluding hydrogens is 377 g/mol. The van der Waals surface area contributed by atoms with Gasteiger partial charge in [0, 0.05) is 18.3 Å². The number of rotatable bonds is 7. The molecule has 10 heteroatoms. The summed E-state index contributed by atoms with van der Waals surface area (Å²) in [5.74, 6) is -0.861. The van der Waals surface area contributed by atoms with Crippen LogP contribution in [-0.4, -0.2) is 39.4 Å². The second-order valence-electron chi connectivity index (χ2n) is 6.20. The van der Waals surface area contributed by atoms with Crippen molar-refractivity contribution in [2.75, 3.05) is 6.61 Å². The monoisotopic (exact) mass is 396 g/mol. The lowest BCUT2D eigenvalue weighted by atomic mass is 10.1. The molecule has 1 atom stereocenters. The molecule has 0 fully saturated rings. The topological polar surface area (TPSA) is 94.1 Å².